The molecule has 0 saturated carbocycles. The highest BCUT2D eigenvalue weighted by molar-refractivity contribution is 7.08. The lowest BCUT2D eigenvalue weighted by Gasteiger charge is -2.39. The van der Waals surface area contributed by atoms with E-state index in [1.807, 2.05) is 30.7 Å². The van der Waals surface area contributed by atoms with Crippen LogP contribution in [-0.4, -0.2) is 34.5 Å². The Morgan fingerprint density at radius 1 is 1.33 bits per heavy atom. The summed E-state index contributed by atoms with van der Waals surface area (Å²) in [5, 5.41) is 10.9. The molecule has 1 N–H and O–H groups in total. The summed E-state index contributed by atoms with van der Waals surface area (Å²) in [6.07, 6.45) is 0.548. The van der Waals surface area contributed by atoms with Gasteiger partial charge in [0.15, 0.2) is 0 Å². The molecule has 1 fully saturated rings. The van der Waals surface area contributed by atoms with E-state index in [9.17, 15) is 14.0 Å². The van der Waals surface area contributed by atoms with Crippen LogP contribution in [0.5, 0.6) is 0 Å². The van der Waals surface area contributed by atoms with Gasteiger partial charge in [0.1, 0.15) is 17.6 Å². The third-order valence-corrected chi connectivity index (χ3v) is 5.84. The second-order valence-electron chi connectivity index (χ2n) is 7.80. The van der Waals surface area contributed by atoms with Crippen molar-refractivity contribution in [1.29, 1.82) is 0 Å². The van der Waals surface area contributed by atoms with Crippen molar-refractivity contribution in [1.82, 2.24) is 15.4 Å². The van der Waals surface area contributed by atoms with Gasteiger partial charge in [0.2, 0.25) is 11.7 Å². The number of nitrogens with zero attached hydrogens (tertiary/aromatic N) is 2. The molecule has 1 aliphatic heterocycles. The number of nitrogens with one attached hydrogen (secondary N) is 1. The molecule has 4 rings (SSSR count). The van der Waals surface area contributed by atoms with Gasteiger partial charge in [-0.2, -0.15) is 11.3 Å². The quantitative estimate of drug-likeness (QED) is 0.660. The number of hydrogen-bond acceptors (Lipinski definition) is 5. The Morgan fingerprint density at radius 2 is 2.10 bits per heavy atom. The van der Waals surface area contributed by atoms with Gasteiger partial charge in [-0.05, 0) is 59.0 Å². The van der Waals surface area contributed by atoms with E-state index < -0.39 is 6.04 Å². The zero-order valence-corrected chi connectivity index (χ0v) is 17.5. The van der Waals surface area contributed by atoms with E-state index in [4.69, 9.17) is 4.52 Å². The Kier molecular flexibility index (Phi) is 5.67. The first-order chi connectivity index (χ1) is 14.4. The molecular formula is C22H22FN3O3S. The fourth-order valence-electron chi connectivity index (χ4n) is 3.62. The average molecular weight is 428 g/mol. The van der Waals surface area contributed by atoms with Gasteiger partial charge in [0.25, 0.3) is 5.91 Å². The van der Waals surface area contributed by atoms with Crippen LogP contribution in [0.15, 0.2) is 51.7 Å². The number of carbonyl (C=O) groups excluding carboxylic acids is 2. The zero-order chi connectivity index (χ0) is 21.3. The molecule has 30 heavy (non-hydrogen) atoms. The molecule has 0 spiro atoms. The molecule has 2 aromatic heterocycles. The van der Waals surface area contributed by atoms with E-state index in [0.29, 0.717) is 24.2 Å². The molecule has 0 aliphatic carbocycles. The molecule has 0 bridgehead atoms. The van der Waals surface area contributed by atoms with Crippen LogP contribution in [0, 0.1) is 11.7 Å². The number of carbonyl (C=O) groups is 2. The van der Waals surface area contributed by atoms with Gasteiger partial charge in [-0.15, -0.1) is 0 Å². The van der Waals surface area contributed by atoms with Crippen molar-refractivity contribution in [3.8, 4) is 11.3 Å². The van der Waals surface area contributed by atoms with Crippen molar-refractivity contribution in [2.75, 3.05) is 6.54 Å². The Labute approximate surface area is 177 Å². The molecule has 2 amide bonds. The average Bonchev–Trinajstić information content (AvgIpc) is 3.41. The predicted octanol–water partition coefficient (Wildman–Crippen LogP) is 4.27. The van der Waals surface area contributed by atoms with Crippen LogP contribution in [0.1, 0.15) is 42.4 Å². The monoisotopic (exact) mass is 427 g/mol. The third-order valence-electron chi connectivity index (χ3n) is 5.14. The van der Waals surface area contributed by atoms with Crippen LogP contribution >= 0.6 is 11.3 Å². The van der Waals surface area contributed by atoms with Gasteiger partial charge >= 0.3 is 0 Å². The fourth-order valence-corrected chi connectivity index (χ4v) is 4.33. The second kappa shape index (κ2) is 8.39. The van der Waals surface area contributed by atoms with Gasteiger partial charge in [0, 0.05) is 18.2 Å². The molecule has 6 nitrogen and oxygen atoms in total. The maximum Gasteiger partial charge on any atom is 0.293 e. The third kappa shape index (κ3) is 4.14. The lowest BCUT2D eigenvalue weighted by molar-refractivity contribution is -0.130. The number of thiophene rings is 1. The molecule has 2 atom stereocenters. The van der Waals surface area contributed by atoms with E-state index in [1.165, 1.54) is 18.2 Å². The zero-order valence-electron chi connectivity index (χ0n) is 16.7. The molecule has 0 unspecified atom stereocenters. The summed E-state index contributed by atoms with van der Waals surface area (Å²) < 4.78 is 18.5. The molecule has 1 saturated heterocycles. The van der Waals surface area contributed by atoms with Crippen LogP contribution in [0.25, 0.3) is 11.3 Å². The van der Waals surface area contributed by atoms with Crippen LogP contribution in [0.3, 0.4) is 0 Å². The van der Waals surface area contributed by atoms with Crippen molar-refractivity contribution >= 4 is 23.2 Å². The lowest BCUT2D eigenvalue weighted by Crippen LogP contribution is -2.58. The first-order valence-electron chi connectivity index (χ1n) is 9.78. The SMILES string of the molecule is CC(C)C[C@H]1C(=O)N[C@@H](c2ccsc2)CN1C(=O)c1cc(-c2ccc(F)cc2)no1. The molecule has 0 radical (unpaired) electrons. The molecule has 3 heterocycles. The van der Waals surface area contributed by atoms with Gasteiger partial charge in [-0.1, -0.05) is 19.0 Å². The van der Waals surface area contributed by atoms with Crippen LogP contribution < -0.4 is 5.32 Å². The molecule has 1 aromatic carbocycles. The molecule has 8 heteroatoms. The summed E-state index contributed by atoms with van der Waals surface area (Å²) in [4.78, 5) is 27.7. The van der Waals surface area contributed by atoms with Crippen LogP contribution in [0.2, 0.25) is 0 Å². The van der Waals surface area contributed by atoms with Crippen molar-refractivity contribution in [2.45, 2.75) is 32.4 Å². The normalized spacial score (nSPS) is 19.2. The standard InChI is InChI=1S/C22H22FN3O3S/c1-13(2)9-19-21(27)24-18(15-7-8-30-12-15)11-26(19)22(28)20-10-17(25-29-20)14-3-5-16(23)6-4-14/h3-8,10,12-13,18-19H,9,11H2,1-2H3,(H,24,27)/t18-,19+/m1/s1. The van der Waals surface area contributed by atoms with E-state index >= 15 is 0 Å². The van der Waals surface area contributed by atoms with Crippen LogP contribution in [0.4, 0.5) is 4.39 Å². The Hall–Kier alpha value is -3.00. The van der Waals surface area contributed by atoms with Crippen molar-refractivity contribution in [2.24, 2.45) is 5.92 Å². The summed E-state index contributed by atoms with van der Waals surface area (Å²) >= 11 is 1.54. The smallest absolute Gasteiger partial charge is 0.293 e. The molecule has 3 aromatic rings. The van der Waals surface area contributed by atoms with Gasteiger partial charge in [0.05, 0.1) is 6.04 Å². The van der Waals surface area contributed by atoms with Crippen molar-refractivity contribution in [3.63, 3.8) is 0 Å². The van der Waals surface area contributed by atoms with Crippen LogP contribution in [-0.2, 0) is 4.79 Å². The van der Waals surface area contributed by atoms with Gasteiger partial charge in [-0.25, -0.2) is 4.39 Å². The lowest BCUT2D eigenvalue weighted by atomic mass is 9.96. The molecule has 156 valence electrons. The summed E-state index contributed by atoms with van der Waals surface area (Å²) in [6.45, 7) is 4.38. The minimum absolute atomic E-state index is 0.0573. The van der Waals surface area contributed by atoms with E-state index in [-0.39, 0.29) is 35.4 Å². The number of piperazine rings is 1. The number of hydrogen-bond donors (Lipinski definition) is 1. The molecule has 1 aliphatic rings. The Bertz CT molecular complexity index is 1030. The first kappa shape index (κ1) is 20.3. The number of aromatic nitrogens is 1. The van der Waals surface area contributed by atoms with E-state index in [1.54, 1.807) is 28.4 Å². The van der Waals surface area contributed by atoms with Gasteiger partial charge < -0.3 is 14.7 Å². The number of halogens is 1. The first-order valence-corrected chi connectivity index (χ1v) is 10.7. The van der Waals surface area contributed by atoms with Crippen molar-refractivity contribution < 1.29 is 18.5 Å². The van der Waals surface area contributed by atoms with E-state index in [0.717, 1.165) is 5.56 Å². The Balaban J connectivity index is 1.61. The maximum atomic E-state index is 13.3. The Morgan fingerprint density at radius 3 is 2.77 bits per heavy atom. The topological polar surface area (TPSA) is 75.4 Å². The summed E-state index contributed by atoms with van der Waals surface area (Å²) in [5.74, 6) is -0.608. The largest absolute Gasteiger partial charge is 0.350 e. The van der Waals surface area contributed by atoms with E-state index in [2.05, 4.69) is 10.5 Å². The van der Waals surface area contributed by atoms with Crippen molar-refractivity contribution in [3.05, 3.63) is 64.3 Å². The maximum absolute atomic E-state index is 13.3. The minimum Gasteiger partial charge on any atom is -0.350 e. The number of amides is 2. The number of benzene rings is 1. The summed E-state index contributed by atoms with van der Waals surface area (Å²) in [5.41, 5.74) is 2.05. The highest BCUT2D eigenvalue weighted by Gasteiger charge is 2.39. The highest BCUT2D eigenvalue weighted by Crippen LogP contribution is 2.28. The molecular weight excluding hydrogens is 405 g/mol. The second-order valence-corrected chi connectivity index (χ2v) is 8.58. The number of rotatable bonds is 5. The van der Waals surface area contributed by atoms with Gasteiger partial charge in [-0.3, -0.25) is 9.59 Å². The highest BCUT2D eigenvalue weighted by atomic mass is 32.1. The minimum atomic E-state index is -0.577. The summed E-state index contributed by atoms with van der Waals surface area (Å²) in [6, 6.07) is 8.43. The predicted molar refractivity (Wildman–Crippen MR) is 111 cm³/mol. The fraction of sp³-hybridized carbons (Fsp3) is 0.318. The summed E-state index contributed by atoms with van der Waals surface area (Å²) in [7, 11) is 0.